The van der Waals surface area contributed by atoms with Gasteiger partial charge >= 0.3 is 0 Å². The monoisotopic (exact) mass is 599 g/mol. The van der Waals surface area contributed by atoms with Crippen LogP contribution in [0.5, 0.6) is 0 Å². The zero-order valence-electron chi connectivity index (χ0n) is 25.6. The van der Waals surface area contributed by atoms with Crippen molar-refractivity contribution >= 4 is 32.7 Å². The lowest BCUT2D eigenvalue weighted by molar-refractivity contribution is 1.11. The molecule has 0 amide bonds. The molecule has 3 heteroatoms. The molecule has 0 saturated carbocycles. The molecule has 0 radical (unpaired) electrons. The lowest BCUT2D eigenvalue weighted by Crippen LogP contribution is -1.99. The molecule has 220 valence electrons. The molecule has 3 nitrogen and oxygen atoms in total. The minimum Gasteiger partial charge on any atom is -0.294 e. The average molecular weight is 600 g/mol. The maximum absolute atomic E-state index is 5.41. The number of benzene rings is 7. The van der Waals surface area contributed by atoms with Gasteiger partial charge in [-0.05, 0) is 63.4 Å². The topological polar surface area (TPSA) is 30.7 Å². The van der Waals surface area contributed by atoms with E-state index < -0.39 is 0 Å². The van der Waals surface area contributed by atoms with Gasteiger partial charge in [-0.25, -0.2) is 9.97 Å². The minimum atomic E-state index is 0.694. The van der Waals surface area contributed by atoms with Gasteiger partial charge in [0.25, 0.3) is 0 Å². The highest BCUT2D eigenvalue weighted by Crippen LogP contribution is 2.39. The Morgan fingerprint density at radius 3 is 1.85 bits per heavy atom. The van der Waals surface area contributed by atoms with Crippen molar-refractivity contribution < 1.29 is 0 Å². The molecular weight excluding hydrogens is 571 g/mol. The number of hydrogen-bond acceptors (Lipinski definition) is 2. The third-order valence-corrected chi connectivity index (χ3v) is 8.99. The van der Waals surface area contributed by atoms with Crippen molar-refractivity contribution in [2.75, 3.05) is 0 Å². The van der Waals surface area contributed by atoms with Gasteiger partial charge in [0.2, 0.25) is 0 Å². The molecule has 0 aliphatic carbocycles. The molecule has 9 aromatic rings. The molecule has 0 bridgehead atoms. The van der Waals surface area contributed by atoms with Gasteiger partial charge in [0.05, 0.1) is 16.6 Å². The molecule has 0 atom stereocenters. The van der Waals surface area contributed by atoms with Crippen LogP contribution in [0.1, 0.15) is 0 Å². The van der Waals surface area contributed by atoms with Crippen LogP contribution in [0.3, 0.4) is 0 Å². The first-order valence-electron chi connectivity index (χ1n) is 15.9. The standard InChI is InChI=1S/C44H29N3/c1-3-14-30(15-4-1)32-18-11-20-34(28-32)42-41-39-25-9-10-27-40(39)47(36-22-5-2-6-23-36)44(41)46-43(45-42)35-21-12-19-33(29-35)38-26-13-17-31-16-7-8-24-37(31)38/h1-29H. The molecule has 2 heterocycles. The fourth-order valence-corrected chi connectivity index (χ4v) is 6.81. The summed E-state index contributed by atoms with van der Waals surface area (Å²) in [6.07, 6.45) is 0. The maximum atomic E-state index is 5.41. The number of rotatable bonds is 5. The molecule has 0 fully saturated rings. The molecule has 0 spiro atoms. The van der Waals surface area contributed by atoms with Crippen molar-refractivity contribution in [1.29, 1.82) is 0 Å². The lowest BCUT2D eigenvalue weighted by Gasteiger charge is -2.12. The molecule has 0 aliphatic rings. The summed E-state index contributed by atoms with van der Waals surface area (Å²) in [5, 5.41) is 4.62. The first-order chi connectivity index (χ1) is 23.3. The second-order valence-corrected chi connectivity index (χ2v) is 11.8. The molecule has 2 aromatic heterocycles. The summed E-state index contributed by atoms with van der Waals surface area (Å²) in [5.74, 6) is 0.694. The maximum Gasteiger partial charge on any atom is 0.162 e. The Bertz CT molecular complexity index is 2560. The second kappa shape index (κ2) is 11.2. The van der Waals surface area contributed by atoms with Crippen LogP contribution in [0.15, 0.2) is 176 Å². The predicted octanol–water partition coefficient (Wildman–Crippen LogP) is 11.4. The van der Waals surface area contributed by atoms with Crippen LogP contribution in [0.4, 0.5) is 0 Å². The van der Waals surface area contributed by atoms with E-state index in [0.717, 1.165) is 55.6 Å². The third kappa shape index (κ3) is 4.68. The summed E-state index contributed by atoms with van der Waals surface area (Å²) < 4.78 is 2.27. The highest BCUT2D eigenvalue weighted by Gasteiger charge is 2.21. The van der Waals surface area contributed by atoms with E-state index in [9.17, 15) is 0 Å². The van der Waals surface area contributed by atoms with Crippen LogP contribution in [0.2, 0.25) is 0 Å². The largest absolute Gasteiger partial charge is 0.294 e. The van der Waals surface area contributed by atoms with E-state index >= 15 is 0 Å². The first-order valence-corrected chi connectivity index (χ1v) is 15.9. The summed E-state index contributed by atoms with van der Waals surface area (Å²) in [6.45, 7) is 0. The first kappa shape index (κ1) is 27.0. The van der Waals surface area contributed by atoms with E-state index in [-0.39, 0.29) is 0 Å². The van der Waals surface area contributed by atoms with Crippen LogP contribution in [0, 0.1) is 0 Å². The quantitative estimate of drug-likeness (QED) is 0.197. The van der Waals surface area contributed by atoms with E-state index in [4.69, 9.17) is 9.97 Å². The number of aromatic nitrogens is 3. The third-order valence-electron chi connectivity index (χ3n) is 8.99. The van der Waals surface area contributed by atoms with E-state index in [0.29, 0.717) is 5.82 Å². The van der Waals surface area contributed by atoms with Crippen molar-refractivity contribution in [3.8, 4) is 50.6 Å². The van der Waals surface area contributed by atoms with E-state index in [1.807, 2.05) is 0 Å². The Morgan fingerprint density at radius 2 is 1.00 bits per heavy atom. The number of nitrogens with zero attached hydrogens (tertiary/aromatic N) is 3. The van der Waals surface area contributed by atoms with Crippen LogP contribution in [0.25, 0.3) is 83.3 Å². The summed E-state index contributed by atoms with van der Waals surface area (Å²) >= 11 is 0. The summed E-state index contributed by atoms with van der Waals surface area (Å²) in [7, 11) is 0. The van der Waals surface area contributed by atoms with Gasteiger partial charge in [-0.1, -0.05) is 146 Å². The van der Waals surface area contributed by atoms with E-state index in [1.165, 1.54) is 21.9 Å². The molecule has 9 rings (SSSR count). The van der Waals surface area contributed by atoms with Crippen molar-refractivity contribution in [2.24, 2.45) is 0 Å². The van der Waals surface area contributed by atoms with Crippen LogP contribution >= 0.6 is 0 Å². The number of hydrogen-bond donors (Lipinski definition) is 0. The number of fused-ring (bicyclic) bond motifs is 4. The van der Waals surface area contributed by atoms with Gasteiger partial charge in [0.1, 0.15) is 5.65 Å². The normalized spacial score (nSPS) is 11.4. The van der Waals surface area contributed by atoms with E-state index in [2.05, 4.69) is 180 Å². The summed E-state index contributed by atoms with van der Waals surface area (Å²) in [5.41, 5.74) is 10.7. The Balaban J connectivity index is 1.33. The Kier molecular flexibility index (Phi) is 6.46. The molecule has 0 aliphatic heterocycles. The predicted molar refractivity (Wildman–Crippen MR) is 196 cm³/mol. The molecule has 7 aromatic carbocycles. The van der Waals surface area contributed by atoms with Crippen molar-refractivity contribution in [3.63, 3.8) is 0 Å². The lowest BCUT2D eigenvalue weighted by atomic mass is 9.96. The zero-order valence-corrected chi connectivity index (χ0v) is 25.6. The summed E-state index contributed by atoms with van der Waals surface area (Å²) in [4.78, 5) is 10.8. The van der Waals surface area contributed by atoms with Gasteiger partial charge in [0, 0.05) is 22.2 Å². The minimum absolute atomic E-state index is 0.694. The van der Waals surface area contributed by atoms with Crippen LogP contribution < -0.4 is 0 Å². The van der Waals surface area contributed by atoms with Gasteiger partial charge in [-0.15, -0.1) is 0 Å². The van der Waals surface area contributed by atoms with Crippen LogP contribution in [-0.4, -0.2) is 14.5 Å². The van der Waals surface area contributed by atoms with Crippen LogP contribution in [-0.2, 0) is 0 Å². The van der Waals surface area contributed by atoms with Gasteiger partial charge in [0.15, 0.2) is 5.82 Å². The van der Waals surface area contributed by atoms with Gasteiger partial charge in [-0.3, -0.25) is 4.57 Å². The van der Waals surface area contributed by atoms with Crippen molar-refractivity contribution in [1.82, 2.24) is 14.5 Å². The average Bonchev–Trinajstić information content (AvgIpc) is 3.49. The van der Waals surface area contributed by atoms with Gasteiger partial charge < -0.3 is 0 Å². The molecular formula is C44H29N3. The molecule has 0 unspecified atom stereocenters. The molecule has 0 saturated heterocycles. The van der Waals surface area contributed by atoms with Gasteiger partial charge in [-0.2, -0.15) is 0 Å². The zero-order chi connectivity index (χ0) is 31.2. The SMILES string of the molecule is c1ccc(-c2cccc(-c3nc(-c4cccc(-c5cccc6ccccc56)c4)nc4c3c3ccccc3n4-c3ccccc3)c2)cc1. The Morgan fingerprint density at radius 1 is 0.404 bits per heavy atom. The van der Waals surface area contributed by atoms with Crippen molar-refractivity contribution in [3.05, 3.63) is 176 Å². The fourth-order valence-electron chi connectivity index (χ4n) is 6.81. The molecule has 47 heavy (non-hydrogen) atoms. The highest BCUT2D eigenvalue weighted by atomic mass is 15.1. The van der Waals surface area contributed by atoms with Crippen molar-refractivity contribution in [2.45, 2.75) is 0 Å². The smallest absolute Gasteiger partial charge is 0.162 e. The molecule has 0 N–H and O–H groups in total. The Hall–Kier alpha value is -6.32. The highest BCUT2D eigenvalue weighted by molar-refractivity contribution is 6.14. The second-order valence-electron chi connectivity index (χ2n) is 11.8. The number of para-hydroxylation sites is 2. The van der Waals surface area contributed by atoms with E-state index in [1.54, 1.807) is 0 Å². The fraction of sp³-hybridized carbons (Fsp3) is 0. The summed E-state index contributed by atoms with van der Waals surface area (Å²) in [6, 6.07) is 62.0. The Labute approximate surface area is 273 Å².